The van der Waals surface area contributed by atoms with Crippen molar-refractivity contribution >= 4 is 17.7 Å². The van der Waals surface area contributed by atoms with Crippen LogP contribution in [-0.4, -0.2) is 16.1 Å². The minimum Gasteiger partial charge on any atom is -0.478 e. The number of aromatic carboxylic acids is 1. The van der Waals surface area contributed by atoms with Crippen molar-refractivity contribution in [1.29, 1.82) is 5.26 Å². The average Bonchev–Trinajstić information content (AvgIpc) is 3.39. The van der Waals surface area contributed by atoms with Crippen molar-refractivity contribution in [3.05, 3.63) is 77.2 Å². The van der Waals surface area contributed by atoms with Crippen LogP contribution in [0.2, 0.25) is 0 Å². The van der Waals surface area contributed by atoms with Gasteiger partial charge in [-0.3, -0.25) is 0 Å². The zero-order valence-corrected chi connectivity index (χ0v) is 16.2. The van der Waals surface area contributed by atoms with Gasteiger partial charge in [-0.2, -0.15) is 5.26 Å². The lowest BCUT2D eigenvalue weighted by Gasteiger charge is -2.18. The van der Waals surface area contributed by atoms with Gasteiger partial charge in [0.25, 0.3) is 0 Å². The largest absolute Gasteiger partial charge is 0.478 e. The van der Waals surface area contributed by atoms with Gasteiger partial charge < -0.3 is 14.3 Å². The highest BCUT2D eigenvalue weighted by Gasteiger charge is 2.26. The molecule has 2 aromatic heterocycles. The number of pyridine rings is 1. The Morgan fingerprint density at radius 2 is 2.21 bits per heavy atom. The van der Waals surface area contributed by atoms with Crippen LogP contribution in [0.25, 0.3) is 11.1 Å². The Bertz CT molecular complexity index is 1130. The number of hydrogen-bond acceptors (Lipinski definition) is 6. The predicted octanol–water partition coefficient (Wildman–Crippen LogP) is 5.64. The summed E-state index contributed by atoms with van der Waals surface area (Å²) in [6.07, 6.45) is 5.23. The monoisotopic (exact) mass is 404 g/mol. The van der Waals surface area contributed by atoms with Crippen LogP contribution in [0.3, 0.4) is 0 Å². The Morgan fingerprint density at radius 1 is 1.34 bits per heavy atom. The van der Waals surface area contributed by atoms with Gasteiger partial charge in [0.15, 0.2) is 0 Å². The van der Waals surface area contributed by atoms with E-state index in [9.17, 15) is 15.2 Å². The zero-order valence-electron chi connectivity index (χ0n) is 15.4. The van der Waals surface area contributed by atoms with Crippen molar-refractivity contribution < 1.29 is 19.1 Å². The van der Waals surface area contributed by atoms with Crippen LogP contribution >= 0.6 is 11.8 Å². The number of hydrogen-bond donors (Lipinski definition) is 1. The maximum Gasteiger partial charge on any atom is 0.335 e. The fourth-order valence-corrected chi connectivity index (χ4v) is 4.24. The molecule has 0 fully saturated rings. The van der Waals surface area contributed by atoms with Crippen molar-refractivity contribution in [3.63, 3.8) is 0 Å². The fraction of sp³-hybridized carbons (Fsp3) is 0.136. The van der Waals surface area contributed by atoms with Crippen LogP contribution in [0, 0.1) is 17.2 Å². The number of aromatic nitrogens is 1. The molecule has 29 heavy (non-hydrogen) atoms. The highest BCUT2D eigenvalue weighted by molar-refractivity contribution is 8.02. The van der Waals surface area contributed by atoms with Gasteiger partial charge in [-0.05, 0) is 41.7 Å². The summed E-state index contributed by atoms with van der Waals surface area (Å²) in [7, 11) is 0. The molecule has 0 bridgehead atoms. The maximum absolute atomic E-state index is 11.3. The van der Waals surface area contributed by atoms with Gasteiger partial charge in [0.2, 0.25) is 5.88 Å². The van der Waals surface area contributed by atoms with E-state index in [1.807, 2.05) is 11.5 Å². The minimum atomic E-state index is -1.06. The van der Waals surface area contributed by atoms with Gasteiger partial charge >= 0.3 is 5.97 Å². The smallest absolute Gasteiger partial charge is 0.335 e. The number of carbonyl (C=O) groups is 1. The SMILES string of the molecule is CC1C=CSC1c1cc(-c2ccoc2)c(C#N)c(Oc2cccc(C(=O)O)c2)n1. The number of carboxylic acid groups (broad SMARTS) is 1. The Balaban J connectivity index is 1.83. The molecule has 0 saturated heterocycles. The first kappa shape index (κ1) is 18.8. The van der Waals surface area contributed by atoms with E-state index < -0.39 is 5.97 Å². The Hall–Kier alpha value is -3.50. The first-order chi connectivity index (χ1) is 14.1. The van der Waals surface area contributed by atoms with Crippen LogP contribution in [0.1, 0.15) is 33.8 Å². The number of thioether (sulfide) groups is 1. The molecule has 2 atom stereocenters. The number of ether oxygens (including phenoxy) is 1. The minimum absolute atomic E-state index is 0.0939. The lowest BCUT2D eigenvalue weighted by molar-refractivity contribution is 0.0696. The molecule has 1 aromatic carbocycles. The van der Waals surface area contributed by atoms with Crippen molar-refractivity contribution in [3.8, 4) is 28.8 Å². The maximum atomic E-state index is 11.3. The summed E-state index contributed by atoms with van der Waals surface area (Å²) in [5.41, 5.74) is 2.55. The number of nitrogens with zero attached hydrogens (tertiary/aromatic N) is 2. The van der Waals surface area contributed by atoms with Crippen LogP contribution in [0.4, 0.5) is 0 Å². The van der Waals surface area contributed by atoms with E-state index in [0.717, 1.165) is 11.3 Å². The second-order valence-corrected chi connectivity index (χ2v) is 7.63. The number of rotatable bonds is 5. The number of benzene rings is 1. The van der Waals surface area contributed by atoms with Crippen molar-refractivity contribution in [2.75, 3.05) is 0 Å². The molecule has 0 radical (unpaired) electrons. The Kier molecular flexibility index (Phi) is 5.10. The Labute approximate surface area is 171 Å². The first-order valence-electron chi connectivity index (χ1n) is 8.88. The molecule has 1 N–H and O–H groups in total. The Morgan fingerprint density at radius 3 is 2.86 bits per heavy atom. The summed E-state index contributed by atoms with van der Waals surface area (Å²) in [6.45, 7) is 2.11. The normalized spacial score (nSPS) is 17.8. The van der Waals surface area contributed by atoms with Crippen LogP contribution < -0.4 is 4.74 Å². The van der Waals surface area contributed by atoms with Gasteiger partial charge in [0.1, 0.15) is 17.4 Å². The highest BCUT2D eigenvalue weighted by atomic mass is 32.2. The second-order valence-electron chi connectivity index (χ2n) is 6.58. The summed E-state index contributed by atoms with van der Waals surface area (Å²) in [6, 6.07) is 11.9. The molecule has 2 unspecified atom stereocenters. The standard InChI is InChI=1S/C22H16N2O4S/c1-13-6-8-29-20(13)19-10-17(15-5-7-27-12-15)18(11-23)21(24-19)28-16-4-2-3-14(9-16)22(25)26/h2-10,12-13,20H,1H3,(H,25,26). The number of nitriles is 1. The van der Waals surface area contributed by atoms with Crippen molar-refractivity contribution in [2.24, 2.45) is 5.92 Å². The van der Waals surface area contributed by atoms with Crippen LogP contribution in [0.15, 0.2) is 64.8 Å². The summed E-state index contributed by atoms with van der Waals surface area (Å²) in [5.74, 6) is -0.335. The van der Waals surface area contributed by atoms with Crippen LogP contribution in [-0.2, 0) is 0 Å². The molecule has 1 aliphatic heterocycles. The molecule has 0 spiro atoms. The molecular formula is C22H16N2O4S. The number of carboxylic acids is 1. The predicted molar refractivity (Wildman–Crippen MR) is 109 cm³/mol. The van der Waals surface area contributed by atoms with E-state index in [-0.39, 0.29) is 28.2 Å². The summed E-state index contributed by atoms with van der Waals surface area (Å²) < 4.78 is 11.1. The quantitative estimate of drug-likeness (QED) is 0.587. The van der Waals surface area contributed by atoms with Crippen molar-refractivity contribution in [1.82, 2.24) is 4.98 Å². The lowest BCUT2D eigenvalue weighted by Crippen LogP contribution is -2.06. The van der Waals surface area contributed by atoms with E-state index in [1.54, 1.807) is 42.5 Å². The van der Waals surface area contributed by atoms with E-state index in [0.29, 0.717) is 11.3 Å². The summed E-state index contributed by atoms with van der Waals surface area (Å²) >= 11 is 1.66. The third-order valence-corrected chi connectivity index (χ3v) is 5.90. The molecule has 1 aliphatic rings. The molecule has 0 saturated carbocycles. The van der Waals surface area contributed by atoms with Gasteiger partial charge in [-0.25, -0.2) is 9.78 Å². The summed E-state index contributed by atoms with van der Waals surface area (Å²) in [5, 5.41) is 21.2. The van der Waals surface area contributed by atoms with E-state index in [2.05, 4.69) is 24.1 Å². The highest BCUT2D eigenvalue weighted by Crippen LogP contribution is 2.44. The molecule has 7 heteroatoms. The average molecular weight is 404 g/mol. The molecule has 3 aromatic rings. The van der Waals surface area contributed by atoms with E-state index >= 15 is 0 Å². The molecule has 4 rings (SSSR count). The summed E-state index contributed by atoms with van der Waals surface area (Å²) in [4.78, 5) is 15.9. The van der Waals surface area contributed by atoms with Gasteiger partial charge in [-0.1, -0.05) is 19.1 Å². The molecular weight excluding hydrogens is 388 g/mol. The fourth-order valence-electron chi connectivity index (χ4n) is 3.14. The topological polar surface area (TPSA) is 96.3 Å². The van der Waals surface area contributed by atoms with Crippen LogP contribution in [0.5, 0.6) is 11.6 Å². The van der Waals surface area contributed by atoms with Gasteiger partial charge in [0.05, 0.1) is 29.0 Å². The molecule has 144 valence electrons. The third kappa shape index (κ3) is 3.75. The zero-order chi connectivity index (χ0) is 20.4. The van der Waals surface area contributed by atoms with E-state index in [1.165, 1.54) is 12.1 Å². The molecule has 0 aliphatic carbocycles. The number of allylic oxidation sites excluding steroid dienone is 1. The first-order valence-corrected chi connectivity index (χ1v) is 9.82. The third-order valence-electron chi connectivity index (χ3n) is 4.62. The second kappa shape index (κ2) is 7.86. The number of furan rings is 1. The molecule has 6 nitrogen and oxygen atoms in total. The molecule has 3 heterocycles. The van der Waals surface area contributed by atoms with Gasteiger partial charge in [-0.15, -0.1) is 11.8 Å². The van der Waals surface area contributed by atoms with E-state index in [4.69, 9.17) is 9.15 Å². The van der Waals surface area contributed by atoms with Crippen molar-refractivity contribution in [2.45, 2.75) is 12.2 Å². The lowest BCUT2D eigenvalue weighted by atomic mass is 9.99. The molecule has 0 amide bonds. The van der Waals surface area contributed by atoms with Gasteiger partial charge in [0, 0.05) is 11.1 Å².